The maximum Gasteiger partial charge on any atom is 0.262 e. The fraction of sp³-hybridized carbons (Fsp3) is 0.222. The molecule has 0 atom stereocenters. The van der Waals surface area contributed by atoms with E-state index in [4.69, 9.17) is 23.2 Å². The number of thioether (sulfide) groups is 1. The van der Waals surface area contributed by atoms with Crippen LogP contribution in [0.25, 0.3) is 6.08 Å². The number of nitrogens with zero attached hydrogens (tertiary/aromatic N) is 2. The maximum absolute atomic E-state index is 13.2. The average Bonchev–Trinajstić information content (AvgIpc) is 2.87. The zero-order valence-corrected chi connectivity index (χ0v) is 23.2. The molecule has 0 radical (unpaired) electrons. The molecular weight excluding hydrogens is 549 g/mol. The number of nitrogens with one attached hydrogen (secondary N) is 1. The van der Waals surface area contributed by atoms with Crippen molar-refractivity contribution in [1.82, 2.24) is 4.90 Å². The molecule has 0 unspecified atom stereocenters. The number of hydrogen-bond donors (Lipinski definition) is 1. The highest BCUT2D eigenvalue weighted by Crippen LogP contribution is 2.41. The molecular formula is C27H25Cl2N3O3S2. The summed E-state index contributed by atoms with van der Waals surface area (Å²) in [5, 5.41) is 3.48. The summed E-state index contributed by atoms with van der Waals surface area (Å²) >= 11 is 13.6. The first kappa shape index (κ1) is 26.1. The zero-order valence-electron chi connectivity index (χ0n) is 20.1. The van der Waals surface area contributed by atoms with E-state index >= 15 is 0 Å². The molecule has 0 saturated carbocycles. The lowest BCUT2D eigenvalue weighted by atomic mass is 10.1. The SMILES string of the molecule is CN1CCN(c2ccc(/C=C3\Sc4cc(S(=O)(=O)Cc5c(Cl)cccc5Cl)ccc4NC3=O)cc2)CC1. The largest absolute Gasteiger partial charge is 0.369 e. The van der Waals surface area contributed by atoms with Gasteiger partial charge in [0.05, 0.1) is 21.2 Å². The van der Waals surface area contributed by atoms with Gasteiger partial charge in [-0.05, 0) is 61.2 Å². The standard InChI is InChI=1S/C27H25Cl2N3O3S2/c1-31-11-13-32(14-12-31)19-7-5-18(6-8-19)15-26-27(33)30-24-10-9-20(16-25(24)36-26)37(34,35)17-21-22(28)3-2-4-23(21)29/h2-10,15-16H,11-14,17H2,1H3,(H,30,33)/b26-15-. The lowest BCUT2D eigenvalue weighted by Crippen LogP contribution is -2.44. The van der Waals surface area contributed by atoms with Gasteiger partial charge in [0, 0.05) is 52.4 Å². The van der Waals surface area contributed by atoms with E-state index < -0.39 is 9.84 Å². The summed E-state index contributed by atoms with van der Waals surface area (Å²) in [5.74, 6) is -0.539. The van der Waals surface area contributed by atoms with Crippen molar-refractivity contribution in [3.63, 3.8) is 0 Å². The van der Waals surface area contributed by atoms with E-state index in [0.29, 0.717) is 31.1 Å². The number of halogens is 2. The Morgan fingerprint density at radius 3 is 2.32 bits per heavy atom. The summed E-state index contributed by atoms with van der Waals surface area (Å²) in [4.78, 5) is 18.7. The lowest BCUT2D eigenvalue weighted by Gasteiger charge is -2.34. The van der Waals surface area contributed by atoms with Crippen molar-refractivity contribution in [3.05, 3.63) is 86.7 Å². The van der Waals surface area contributed by atoms with Crippen molar-refractivity contribution in [1.29, 1.82) is 0 Å². The van der Waals surface area contributed by atoms with Crippen LogP contribution in [0.3, 0.4) is 0 Å². The van der Waals surface area contributed by atoms with Gasteiger partial charge in [-0.25, -0.2) is 8.42 Å². The molecule has 0 aromatic heterocycles. The first-order chi connectivity index (χ1) is 17.7. The number of carbonyl (C=O) groups is 1. The van der Waals surface area contributed by atoms with E-state index in [9.17, 15) is 13.2 Å². The van der Waals surface area contributed by atoms with Gasteiger partial charge in [0.15, 0.2) is 9.84 Å². The molecule has 1 N–H and O–H groups in total. The highest BCUT2D eigenvalue weighted by molar-refractivity contribution is 8.04. The molecule has 5 rings (SSSR count). The highest BCUT2D eigenvalue weighted by Gasteiger charge is 2.25. The van der Waals surface area contributed by atoms with Gasteiger partial charge in [-0.15, -0.1) is 0 Å². The number of amides is 1. The zero-order chi connectivity index (χ0) is 26.2. The Morgan fingerprint density at radius 1 is 0.973 bits per heavy atom. The van der Waals surface area contributed by atoms with Crippen LogP contribution in [0.4, 0.5) is 11.4 Å². The van der Waals surface area contributed by atoms with Crippen molar-refractivity contribution in [2.75, 3.05) is 43.4 Å². The summed E-state index contributed by atoms with van der Waals surface area (Å²) in [6.07, 6.45) is 1.82. The van der Waals surface area contributed by atoms with Gasteiger partial charge in [0.2, 0.25) is 0 Å². The van der Waals surface area contributed by atoms with Gasteiger partial charge in [0.25, 0.3) is 5.91 Å². The number of sulfone groups is 1. The minimum Gasteiger partial charge on any atom is -0.369 e. The first-order valence-corrected chi connectivity index (χ1v) is 15.0. The molecule has 0 bridgehead atoms. The Morgan fingerprint density at radius 2 is 1.65 bits per heavy atom. The quantitative estimate of drug-likeness (QED) is 0.389. The summed E-state index contributed by atoms with van der Waals surface area (Å²) < 4.78 is 26.3. The molecule has 2 aliphatic rings. The number of benzene rings is 3. The van der Waals surface area contributed by atoms with Crippen LogP contribution >= 0.6 is 35.0 Å². The number of rotatable bonds is 5. The van der Waals surface area contributed by atoms with E-state index in [0.717, 1.165) is 37.4 Å². The van der Waals surface area contributed by atoms with Crippen LogP contribution in [0.5, 0.6) is 0 Å². The Labute approximate surface area is 231 Å². The van der Waals surface area contributed by atoms with Crippen LogP contribution in [0.1, 0.15) is 11.1 Å². The van der Waals surface area contributed by atoms with Crippen molar-refractivity contribution in [3.8, 4) is 0 Å². The third-order valence-corrected chi connectivity index (χ3v) is 9.89. The lowest BCUT2D eigenvalue weighted by molar-refractivity contribution is -0.112. The van der Waals surface area contributed by atoms with Crippen molar-refractivity contribution >= 4 is 68.2 Å². The molecule has 0 aliphatic carbocycles. The second kappa shape index (κ2) is 10.7. The van der Waals surface area contributed by atoms with Crippen molar-refractivity contribution in [2.45, 2.75) is 15.5 Å². The Bertz CT molecular complexity index is 1460. The number of anilines is 2. The highest BCUT2D eigenvalue weighted by atomic mass is 35.5. The Hall–Kier alpha value is -2.49. The predicted molar refractivity (Wildman–Crippen MR) is 152 cm³/mol. The van der Waals surface area contributed by atoms with E-state index in [-0.39, 0.29) is 16.6 Å². The normalized spacial score (nSPS) is 17.5. The molecule has 0 spiro atoms. The minimum atomic E-state index is -3.72. The van der Waals surface area contributed by atoms with Crippen LogP contribution in [0.2, 0.25) is 10.0 Å². The van der Waals surface area contributed by atoms with Gasteiger partial charge in [-0.2, -0.15) is 0 Å². The van der Waals surface area contributed by atoms with Gasteiger partial charge in [-0.3, -0.25) is 4.79 Å². The molecule has 3 aromatic carbocycles. The van der Waals surface area contributed by atoms with Crippen LogP contribution < -0.4 is 10.2 Å². The molecule has 10 heteroatoms. The summed E-state index contributed by atoms with van der Waals surface area (Å²) in [6, 6.07) is 17.7. The summed E-state index contributed by atoms with van der Waals surface area (Å²) in [5.41, 5.74) is 3.00. The Kier molecular flexibility index (Phi) is 7.56. The third kappa shape index (κ3) is 5.84. The van der Waals surface area contributed by atoms with Crippen LogP contribution in [0.15, 0.2) is 75.4 Å². The second-order valence-electron chi connectivity index (χ2n) is 9.06. The molecule has 3 aromatic rings. The number of piperazine rings is 1. The fourth-order valence-electron chi connectivity index (χ4n) is 4.27. The predicted octanol–water partition coefficient (Wildman–Crippen LogP) is 5.80. The second-order valence-corrected chi connectivity index (χ2v) is 13.0. The Balaban J connectivity index is 1.36. The smallest absolute Gasteiger partial charge is 0.262 e. The molecule has 2 heterocycles. The van der Waals surface area contributed by atoms with E-state index in [1.165, 1.54) is 17.8 Å². The van der Waals surface area contributed by atoms with Crippen LogP contribution in [-0.2, 0) is 20.4 Å². The third-order valence-electron chi connectivity index (χ3n) is 6.46. The van der Waals surface area contributed by atoms with Crippen LogP contribution in [-0.4, -0.2) is 52.5 Å². The molecule has 37 heavy (non-hydrogen) atoms. The van der Waals surface area contributed by atoms with Gasteiger partial charge < -0.3 is 15.1 Å². The molecule has 2 aliphatic heterocycles. The molecule has 1 fully saturated rings. The van der Waals surface area contributed by atoms with E-state index in [1.54, 1.807) is 30.3 Å². The maximum atomic E-state index is 13.2. The fourth-order valence-corrected chi connectivity index (χ4v) is 7.45. The van der Waals surface area contributed by atoms with Gasteiger partial charge in [0.1, 0.15) is 0 Å². The topological polar surface area (TPSA) is 69.7 Å². The monoisotopic (exact) mass is 573 g/mol. The summed E-state index contributed by atoms with van der Waals surface area (Å²) in [7, 11) is -1.59. The minimum absolute atomic E-state index is 0.141. The van der Waals surface area contributed by atoms with Crippen molar-refractivity contribution < 1.29 is 13.2 Å². The van der Waals surface area contributed by atoms with Gasteiger partial charge in [-0.1, -0.05) is 53.2 Å². The average molecular weight is 575 g/mol. The van der Waals surface area contributed by atoms with Crippen LogP contribution in [0, 0.1) is 0 Å². The number of hydrogen-bond acceptors (Lipinski definition) is 6. The number of fused-ring (bicyclic) bond motifs is 1. The number of likely N-dealkylation sites (N-methyl/N-ethyl adjacent to an activating group) is 1. The van der Waals surface area contributed by atoms with Crippen molar-refractivity contribution in [2.24, 2.45) is 0 Å². The molecule has 192 valence electrons. The number of carbonyl (C=O) groups excluding carboxylic acids is 1. The molecule has 1 amide bonds. The molecule has 1 saturated heterocycles. The molecule has 6 nitrogen and oxygen atoms in total. The van der Waals surface area contributed by atoms with Gasteiger partial charge >= 0.3 is 0 Å². The summed E-state index contributed by atoms with van der Waals surface area (Å²) in [6.45, 7) is 4.04. The first-order valence-electron chi connectivity index (χ1n) is 11.7. The van der Waals surface area contributed by atoms with E-state index in [2.05, 4.69) is 34.3 Å². The van der Waals surface area contributed by atoms with E-state index in [1.807, 2.05) is 18.2 Å².